The van der Waals surface area contributed by atoms with Gasteiger partial charge >= 0.3 is 5.97 Å². The first kappa shape index (κ1) is 27.6. The predicted octanol–water partition coefficient (Wildman–Crippen LogP) is 4.58. The number of benzene rings is 1. The van der Waals surface area contributed by atoms with Gasteiger partial charge in [-0.3, -0.25) is 14.1 Å². The molecule has 0 spiro atoms. The van der Waals surface area contributed by atoms with E-state index in [1.165, 1.54) is 29.5 Å². The molecule has 0 saturated carbocycles. The van der Waals surface area contributed by atoms with Gasteiger partial charge in [0.25, 0.3) is 0 Å². The molecule has 1 aromatic rings. The van der Waals surface area contributed by atoms with Crippen molar-refractivity contribution in [2.45, 2.75) is 64.5 Å². The Kier molecular flexibility index (Phi) is 12.9. The van der Waals surface area contributed by atoms with Crippen molar-refractivity contribution >= 4 is 46.5 Å². The highest BCUT2D eigenvalue weighted by Crippen LogP contribution is 2.40. The lowest BCUT2D eigenvalue weighted by Gasteiger charge is -2.46. The molecule has 0 radical (unpaired) electrons. The zero-order valence-electron chi connectivity index (χ0n) is 17.0. The fourth-order valence-electron chi connectivity index (χ4n) is 4.21. The van der Waals surface area contributed by atoms with E-state index in [-0.39, 0.29) is 64.5 Å². The molecule has 162 valence electrons. The summed E-state index contributed by atoms with van der Waals surface area (Å²) in [4.78, 5) is 14.2. The lowest BCUT2D eigenvalue weighted by atomic mass is 9.81. The van der Waals surface area contributed by atoms with Crippen LogP contribution in [0.1, 0.15) is 62.3 Å². The van der Waals surface area contributed by atoms with E-state index in [2.05, 4.69) is 30.0 Å². The van der Waals surface area contributed by atoms with Crippen molar-refractivity contribution < 1.29 is 13.9 Å². The number of nitrogens with zero attached hydrogens (tertiary/aromatic N) is 1. The average Bonchev–Trinajstić information content (AvgIpc) is 2.65. The van der Waals surface area contributed by atoms with E-state index in [0.717, 1.165) is 19.4 Å². The second kappa shape index (κ2) is 13.0. The number of piperidine rings is 1. The number of unbranched alkanes of at least 4 members (excludes halogenated alkanes) is 1. The molecule has 3 atom stereocenters. The van der Waals surface area contributed by atoms with Crippen molar-refractivity contribution in [2.75, 3.05) is 19.8 Å². The number of carbonyl (C=O) groups is 1. The number of hydrogen-bond donors (Lipinski definition) is 0. The maximum absolute atomic E-state index is 13.5. The molecule has 1 aromatic carbocycles. The van der Waals surface area contributed by atoms with E-state index in [1.807, 2.05) is 0 Å². The Morgan fingerprint density at radius 3 is 2.64 bits per heavy atom. The van der Waals surface area contributed by atoms with Gasteiger partial charge in [0, 0.05) is 37.9 Å². The lowest BCUT2D eigenvalue weighted by molar-refractivity contribution is -0.157. The van der Waals surface area contributed by atoms with Crippen LogP contribution in [0.2, 0.25) is 0 Å². The van der Waals surface area contributed by atoms with Crippen LogP contribution in [0, 0.1) is 5.92 Å². The molecule has 0 amide bonds. The van der Waals surface area contributed by atoms with Crippen LogP contribution in [0.5, 0.6) is 0 Å². The van der Waals surface area contributed by atoms with Crippen molar-refractivity contribution in [1.29, 1.82) is 0 Å². The lowest BCUT2D eigenvalue weighted by Crippen LogP contribution is -2.49. The van der Waals surface area contributed by atoms with Gasteiger partial charge in [0.2, 0.25) is 0 Å². The number of fused-ring (bicyclic) bond motifs is 3. The molecule has 0 N–H and O–H groups in total. The number of esters is 1. The molecule has 1 saturated heterocycles. The van der Waals surface area contributed by atoms with Crippen molar-refractivity contribution in [3.63, 3.8) is 0 Å². The summed E-state index contributed by atoms with van der Waals surface area (Å²) in [5.74, 6) is -0.416. The van der Waals surface area contributed by atoms with Gasteiger partial charge in [-0.2, -0.15) is 40.5 Å². The number of aryl methyl sites for hydroxylation is 1. The zero-order valence-corrected chi connectivity index (χ0v) is 20.0. The molecular formula is C21H36FNO2S3. The molecule has 7 heteroatoms. The van der Waals surface area contributed by atoms with E-state index < -0.39 is 6.67 Å². The standard InChI is InChI=1S/C21H30FNO2.3H2S/c1-3-5-6-15-7-8-16-9-10-23-14-17(13-22)20(25-21(24)4-2)12-19(23)18(16)11-15;;;/h7-8,11,17,19-20H,3-6,9-10,12-14H2,1-2H3;3*1H2/t17-,19-,20-;;;/m0.../s1/i22-1;;;. The highest BCUT2D eigenvalue weighted by atomic mass is 32.1. The summed E-state index contributed by atoms with van der Waals surface area (Å²) < 4.78 is 19.1. The van der Waals surface area contributed by atoms with Crippen molar-refractivity contribution in [3.05, 3.63) is 34.9 Å². The van der Waals surface area contributed by atoms with Gasteiger partial charge in [0.1, 0.15) is 6.10 Å². The first-order valence-electron chi connectivity index (χ1n) is 9.77. The molecule has 2 heterocycles. The zero-order chi connectivity index (χ0) is 17.8. The fraction of sp³-hybridized carbons (Fsp3) is 0.667. The highest BCUT2D eigenvalue weighted by Gasteiger charge is 2.40. The largest absolute Gasteiger partial charge is 0.462 e. The number of alkyl halides is 1. The second-order valence-electron chi connectivity index (χ2n) is 7.43. The monoisotopic (exact) mass is 448 g/mol. The number of hydrogen-bond acceptors (Lipinski definition) is 3. The van der Waals surface area contributed by atoms with E-state index in [9.17, 15) is 9.18 Å². The molecule has 1 fully saturated rings. The quantitative estimate of drug-likeness (QED) is 0.597. The summed E-state index contributed by atoms with van der Waals surface area (Å²) in [5, 5.41) is 0. The third kappa shape index (κ3) is 6.31. The minimum absolute atomic E-state index is 0. The molecule has 2 aliphatic rings. The van der Waals surface area contributed by atoms with Crippen molar-refractivity contribution in [2.24, 2.45) is 5.92 Å². The van der Waals surface area contributed by atoms with Crippen LogP contribution in [-0.2, 0) is 22.4 Å². The van der Waals surface area contributed by atoms with Crippen LogP contribution in [0.15, 0.2) is 18.2 Å². The molecular weight excluding hydrogens is 412 g/mol. The summed E-state index contributed by atoms with van der Waals surface area (Å²) >= 11 is 0. The highest BCUT2D eigenvalue weighted by molar-refractivity contribution is 7.59. The Labute approximate surface area is 190 Å². The smallest absolute Gasteiger partial charge is 0.305 e. The van der Waals surface area contributed by atoms with Gasteiger partial charge < -0.3 is 4.74 Å². The first-order chi connectivity index (χ1) is 12.2. The number of ether oxygens (including phenoxy) is 1. The van der Waals surface area contributed by atoms with Crippen LogP contribution >= 0.6 is 40.5 Å². The molecule has 3 nitrogen and oxygen atoms in total. The maximum Gasteiger partial charge on any atom is 0.305 e. The van der Waals surface area contributed by atoms with Crippen LogP contribution in [0.4, 0.5) is 4.39 Å². The maximum atomic E-state index is 13.5. The van der Waals surface area contributed by atoms with Gasteiger partial charge in [-0.15, -0.1) is 0 Å². The Hall–Kier alpha value is -0.370. The predicted molar refractivity (Wildman–Crippen MR) is 128 cm³/mol. The summed E-state index contributed by atoms with van der Waals surface area (Å²) in [5.41, 5.74) is 4.16. The Bertz CT molecular complexity index is 617. The Morgan fingerprint density at radius 2 is 2.00 bits per heavy atom. The van der Waals surface area contributed by atoms with Crippen LogP contribution in [0.25, 0.3) is 0 Å². The average molecular weight is 449 g/mol. The van der Waals surface area contributed by atoms with E-state index in [0.29, 0.717) is 19.4 Å². The van der Waals surface area contributed by atoms with Gasteiger partial charge in [0.05, 0.1) is 6.67 Å². The molecule has 0 bridgehead atoms. The third-order valence-corrected chi connectivity index (χ3v) is 5.72. The van der Waals surface area contributed by atoms with Crippen LogP contribution in [0.3, 0.4) is 0 Å². The molecule has 3 rings (SSSR count). The minimum Gasteiger partial charge on any atom is -0.462 e. The van der Waals surface area contributed by atoms with Crippen molar-refractivity contribution in [1.82, 2.24) is 4.90 Å². The molecule has 0 unspecified atom stereocenters. The summed E-state index contributed by atoms with van der Waals surface area (Å²) in [6, 6.07) is 7.12. The number of halogens is 1. The fourth-order valence-corrected chi connectivity index (χ4v) is 4.21. The van der Waals surface area contributed by atoms with E-state index >= 15 is 0 Å². The van der Waals surface area contributed by atoms with Gasteiger partial charge in [-0.05, 0) is 36.0 Å². The number of rotatable bonds is 6. The van der Waals surface area contributed by atoms with Gasteiger partial charge in [-0.1, -0.05) is 38.5 Å². The third-order valence-electron chi connectivity index (χ3n) is 5.72. The number of carbonyl (C=O) groups excluding carboxylic acids is 1. The second-order valence-corrected chi connectivity index (χ2v) is 7.43. The van der Waals surface area contributed by atoms with E-state index in [4.69, 9.17) is 4.74 Å². The molecule has 0 aromatic heterocycles. The minimum atomic E-state index is -0.422. The van der Waals surface area contributed by atoms with Gasteiger partial charge in [0.15, 0.2) is 0 Å². The Balaban J connectivity index is 0.00000243. The van der Waals surface area contributed by atoms with Crippen LogP contribution in [-0.4, -0.2) is 36.7 Å². The molecule has 28 heavy (non-hydrogen) atoms. The van der Waals surface area contributed by atoms with Gasteiger partial charge in [-0.25, -0.2) is 0 Å². The summed E-state index contributed by atoms with van der Waals surface area (Å²) in [7, 11) is 0. The normalized spacial score (nSPS) is 23.2. The Morgan fingerprint density at radius 1 is 1.25 bits per heavy atom. The molecule has 0 aliphatic carbocycles. The first-order valence-corrected chi connectivity index (χ1v) is 9.77. The molecule has 2 aliphatic heterocycles. The van der Waals surface area contributed by atoms with Crippen LogP contribution < -0.4 is 0 Å². The van der Waals surface area contributed by atoms with Crippen molar-refractivity contribution in [3.8, 4) is 0 Å². The summed E-state index contributed by atoms with van der Waals surface area (Å²) in [6.45, 7) is 5.23. The topological polar surface area (TPSA) is 29.5 Å². The summed E-state index contributed by atoms with van der Waals surface area (Å²) in [6.07, 6.45) is 5.29. The SMILES string of the molecule is CCCCc1ccc2c(c1)[C@@H]1C[C@H](OC(=O)CC)[C@@H](C[18F])CN1CC2.S.S.S. The van der Waals surface area contributed by atoms with E-state index in [1.54, 1.807) is 6.92 Å².